The highest BCUT2D eigenvalue weighted by molar-refractivity contribution is 7.90. The second-order valence-electron chi connectivity index (χ2n) is 4.80. The van der Waals surface area contributed by atoms with E-state index >= 15 is 0 Å². The third-order valence-electron chi connectivity index (χ3n) is 3.19. The topological polar surface area (TPSA) is 89.3 Å². The molecule has 0 aliphatic rings. The van der Waals surface area contributed by atoms with Crippen LogP contribution >= 0.6 is 0 Å². The van der Waals surface area contributed by atoms with Crippen LogP contribution in [0.2, 0.25) is 0 Å². The first-order valence-corrected chi connectivity index (χ1v) is 7.78. The number of nitrogen functional groups attached to an aromatic ring is 1. The van der Waals surface area contributed by atoms with Crippen molar-refractivity contribution in [2.24, 2.45) is 0 Å². The number of nitrogens with two attached hydrogens (primary N) is 1. The van der Waals surface area contributed by atoms with Gasteiger partial charge >= 0.3 is 0 Å². The molecule has 2 aromatic carbocycles. The van der Waals surface area contributed by atoms with Crippen molar-refractivity contribution < 1.29 is 13.2 Å². The van der Waals surface area contributed by atoms with Crippen LogP contribution in [-0.2, 0) is 10.0 Å². The van der Waals surface area contributed by atoms with Crippen LogP contribution in [0.3, 0.4) is 0 Å². The van der Waals surface area contributed by atoms with Crippen molar-refractivity contribution in [3.05, 3.63) is 59.2 Å². The lowest BCUT2D eigenvalue weighted by Gasteiger charge is -2.08. The molecule has 0 saturated heterocycles. The third kappa shape index (κ3) is 3.41. The second-order valence-corrected chi connectivity index (χ2v) is 6.49. The summed E-state index contributed by atoms with van der Waals surface area (Å²) in [6.45, 7) is 3.78. The van der Waals surface area contributed by atoms with Gasteiger partial charge in [-0.1, -0.05) is 6.07 Å². The Morgan fingerprint density at radius 2 is 1.62 bits per heavy atom. The van der Waals surface area contributed by atoms with Crippen molar-refractivity contribution in [3.8, 4) is 0 Å². The Morgan fingerprint density at radius 3 is 2.19 bits per heavy atom. The number of benzene rings is 2. The number of hydrogen-bond acceptors (Lipinski definition) is 4. The molecule has 0 spiro atoms. The van der Waals surface area contributed by atoms with Gasteiger partial charge in [-0.2, -0.15) is 0 Å². The Balaban J connectivity index is 2.25. The molecule has 5 nitrogen and oxygen atoms in total. The van der Waals surface area contributed by atoms with E-state index in [0.29, 0.717) is 11.3 Å². The Bertz CT molecular complexity index is 781. The fourth-order valence-corrected chi connectivity index (χ4v) is 2.74. The highest BCUT2D eigenvalue weighted by Gasteiger charge is 2.18. The fraction of sp³-hybridized carbons (Fsp3) is 0.133. The lowest BCUT2D eigenvalue weighted by Crippen LogP contribution is -2.30. The molecule has 21 heavy (non-hydrogen) atoms. The molecule has 1 amide bonds. The first-order chi connectivity index (χ1) is 9.79. The molecule has 2 rings (SSSR count). The normalized spacial score (nSPS) is 11.1. The number of hydrogen-bond donors (Lipinski definition) is 2. The fourth-order valence-electron chi connectivity index (χ4n) is 1.77. The van der Waals surface area contributed by atoms with Gasteiger partial charge in [-0.15, -0.1) is 0 Å². The summed E-state index contributed by atoms with van der Waals surface area (Å²) in [4.78, 5) is 12.0. The third-order valence-corrected chi connectivity index (χ3v) is 4.53. The molecule has 110 valence electrons. The molecule has 6 heteroatoms. The molecule has 0 aliphatic carbocycles. The van der Waals surface area contributed by atoms with E-state index in [1.165, 1.54) is 24.3 Å². The number of nitrogens with one attached hydrogen (secondary N) is 1. The Kier molecular flexibility index (Phi) is 3.99. The maximum Gasteiger partial charge on any atom is 0.265 e. The molecular weight excluding hydrogens is 288 g/mol. The van der Waals surface area contributed by atoms with Crippen LogP contribution < -0.4 is 10.5 Å². The van der Waals surface area contributed by atoms with Crippen LogP contribution in [0, 0.1) is 13.8 Å². The minimum absolute atomic E-state index is 0.00566. The average Bonchev–Trinajstić information content (AvgIpc) is 2.41. The van der Waals surface area contributed by atoms with Gasteiger partial charge in [0.15, 0.2) is 0 Å². The summed E-state index contributed by atoms with van der Waals surface area (Å²) in [5.74, 6) is -0.657. The molecule has 0 radical (unpaired) electrons. The summed E-state index contributed by atoms with van der Waals surface area (Å²) < 4.78 is 26.3. The number of sulfonamides is 1. The van der Waals surface area contributed by atoms with Gasteiger partial charge in [0, 0.05) is 11.3 Å². The van der Waals surface area contributed by atoms with E-state index in [-0.39, 0.29) is 4.90 Å². The van der Waals surface area contributed by atoms with Gasteiger partial charge in [0.05, 0.1) is 4.90 Å². The van der Waals surface area contributed by atoms with Crippen molar-refractivity contribution in [2.45, 2.75) is 18.7 Å². The maximum absolute atomic E-state index is 12.1. The van der Waals surface area contributed by atoms with Gasteiger partial charge in [-0.25, -0.2) is 13.1 Å². The first kappa shape index (κ1) is 15.1. The van der Waals surface area contributed by atoms with Gasteiger partial charge < -0.3 is 5.73 Å². The van der Waals surface area contributed by atoms with Crippen LogP contribution in [0.1, 0.15) is 21.5 Å². The van der Waals surface area contributed by atoms with Gasteiger partial charge in [0.25, 0.3) is 15.9 Å². The van der Waals surface area contributed by atoms with Gasteiger partial charge in [0.2, 0.25) is 0 Å². The molecule has 0 unspecified atom stereocenters. The molecular formula is C15H16N2O3S. The molecule has 0 aromatic heterocycles. The lowest BCUT2D eigenvalue weighted by molar-refractivity contribution is 0.0981. The summed E-state index contributed by atoms with van der Waals surface area (Å²) >= 11 is 0. The number of carbonyl (C=O) groups is 1. The van der Waals surface area contributed by atoms with Crippen LogP contribution in [0.25, 0.3) is 0 Å². The van der Waals surface area contributed by atoms with E-state index in [1.54, 1.807) is 18.2 Å². The Hall–Kier alpha value is -2.34. The van der Waals surface area contributed by atoms with E-state index in [1.807, 2.05) is 18.6 Å². The van der Waals surface area contributed by atoms with Crippen molar-refractivity contribution in [1.82, 2.24) is 4.72 Å². The quantitative estimate of drug-likeness (QED) is 0.849. The van der Waals surface area contributed by atoms with E-state index in [4.69, 9.17) is 5.73 Å². The molecule has 0 saturated carbocycles. The zero-order chi connectivity index (χ0) is 15.6. The molecule has 0 fully saturated rings. The molecule has 2 aromatic rings. The van der Waals surface area contributed by atoms with Crippen LogP contribution in [0.5, 0.6) is 0 Å². The highest BCUT2D eigenvalue weighted by Crippen LogP contribution is 2.14. The maximum atomic E-state index is 12.1. The number of anilines is 1. The zero-order valence-corrected chi connectivity index (χ0v) is 12.6. The van der Waals surface area contributed by atoms with E-state index in [0.717, 1.165) is 11.1 Å². The summed E-state index contributed by atoms with van der Waals surface area (Å²) in [5, 5.41) is 0. The van der Waals surface area contributed by atoms with Crippen molar-refractivity contribution in [2.75, 3.05) is 5.73 Å². The standard InChI is InChI=1S/C15H16N2O3S/c1-10-3-4-12(9-11(10)2)15(18)17-21(19,20)14-7-5-13(16)6-8-14/h3-9H,16H2,1-2H3,(H,17,18). The van der Waals surface area contributed by atoms with Gasteiger partial charge in [0.1, 0.15) is 0 Å². The molecule has 0 aliphatic heterocycles. The van der Waals surface area contributed by atoms with Crippen molar-refractivity contribution >= 4 is 21.6 Å². The Labute approximate surface area is 123 Å². The minimum Gasteiger partial charge on any atom is -0.399 e. The van der Waals surface area contributed by atoms with E-state index < -0.39 is 15.9 Å². The van der Waals surface area contributed by atoms with Gasteiger partial charge in [-0.05, 0) is 61.4 Å². The first-order valence-electron chi connectivity index (χ1n) is 6.29. The van der Waals surface area contributed by atoms with Crippen LogP contribution in [-0.4, -0.2) is 14.3 Å². The van der Waals surface area contributed by atoms with E-state index in [9.17, 15) is 13.2 Å². The monoisotopic (exact) mass is 304 g/mol. The average molecular weight is 304 g/mol. The van der Waals surface area contributed by atoms with Gasteiger partial charge in [-0.3, -0.25) is 4.79 Å². The number of rotatable bonds is 3. The molecule has 0 bridgehead atoms. The zero-order valence-electron chi connectivity index (χ0n) is 11.8. The smallest absolute Gasteiger partial charge is 0.265 e. The van der Waals surface area contributed by atoms with Crippen LogP contribution in [0.4, 0.5) is 5.69 Å². The summed E-state index contributed by atoms with van der Waals surface area (Å²) in [5.41, 5.74) is 8.23. The number of carbonyl (C=O) groups excluding carboxylic acids is 1. The predicted molar refractivity (Wildman–Crippen MR) is 81.4 cm³/mol. The molecule has 0 heterocycles. The predicted octanol–water partition coefficient (Wildman–Crippen LogP) is 2.00. The summed E-state index contributed by atoms with van der Waals surface area (Å²) in [6.07, 6.45) is 0. The summed E-state index contributed by atoms with van der Waals surface area (Å²) in [7, 11) is -3.90. The Morgan fingerprint density at radius 1 is 1.00 bits per heavy atom. The highest BCUT2D eigenvalue weighted by atomic mass is 32.2. The van der Waals surface area contributed by atoms with Crippen LogP contribution in [0.15, 0.2) is 47.4 Å². The largest absolute Gasteiger partial charge is 0.399 e. The lowest BCUT2D eigenvalue weighted by atomic mass is 10.1. The van der Waals surface area contributed by atoms with Crippen molar-refractivity contribution in [1.29, 1.82) is 0 Å². The minimum atomic E-state index is -3.90. The molecule has 0 atom stereocenters. The summed E-state index contributed by atoms with van der Waals surface area (Å²) in [6, 6.07) is 10.7. The molecule has 3 N–H and O–H groups in total. The SMILES string of the molecule is Cc1ccc(C(=O)NS(=O)(=O)c2ccc(N)cc2)cc1C. The van der Waals surface area contributed by atoms with E-state index in [2.05, 4.69) is 0 Å². The number of amides is 1. The number of aryl methyl sites for hydroxylation is 2. The van der Waals surface area contributed by atoms with Crippen molar-refractivity contribution in [3.63, 3.8) is 0 Å². The second kappa shape index (κ2) is 5.57.